The van der Waals surface area contributed by atoms with E-state index in [0.717, 1.165) is 17.5 Å². The topological polar surface area (TPSA) is 189 Å². The van der Waals surface area contributed by atoms with Crippen LogP contribution in [0.2, 0.25) is 0 Å². The van der Waals surface area contributed by atoms with Gasteiger partial charge in [-0.05, 0) is 98.6 Å². The van der Waals surface area contributed by atoms with E-state index in [0.29, 0.717) is 21.8 Å². The molecule has 3 rings (SSSR count). The monoisotopic (exact) mass is 889 g/mol. The van der Waals surface area contributed by atoms with Crippen molar-refractivity contribution < 1.29 is 51.4 Å². The van der Waals surface area contributed by atoms with E-state index < -0.39 is 70.7 Å². The Balaban J connectivity index is 1.87. The Kier molecular flexibility index (Phi) is 17.9. The van der Waals surface area contributed by atoms with Crippen LogP contribution in [0.3, 0.4) is 0 Å². The van der Waals surface area contributed by atoms with Crippen molar-refractivity contribution in [3.63, 3.8) is 0 Å². The highest BCUT2D eigenvalue weighted by atomic mass is 32.1. The molecule has 0 aliphatic carbocycles. The number of carbonyl (C=O) groups excluding carboxylic acids is 5. The second kappa shape index (κ2) is 21.9. The van der Waals surface area contributed by atoms with E-state index in [1.54, 1.807) is 91.5 Å². The van der Waals surface area contributed by atoms with Crippen LogP contribution < -0.4 is 26.6 Å². The number of rotatable bonds is 16. The van der Waals surface area contributed by atoms with Gasteiger partial charge in [0.2, 0.25) is 11.8 Å². The number of benzene rings is 2. The third-order valence-electron chi connectivity index (χ3n) is 8.32. The number of carbonyl (C=O) groups is 5. The molecular formula is C43H58F3N7O8S. The molecule has 19 heteroatoms. The first-order chi connectivity index (χ1) is 28.7. The zero-order chi connectivity index (χ0) is 46.5. The Bertz CT molecular complexity index is 2000. The molecule has 340 valence electrons. The summed E-state index contributed by atoms with van der Waals surface area (Å²) in [4.78, 5) is 72.3. The van der Waals surface area contributed by atoms with Gasteiger partial charge in [0.1, 0.15) is 28.9 Å². The summed E-state index contributed by atoms with van der Waals surface area (Å²) in [5.41, 5.74) is -2.03. The molecule has 0 bridgehead atoms. The fourth-order valence-corrected chi connectivity index (χ4v) is 5.94. The highest BCUT2D eigenvalue weighted by molar-refractivity contribution is 7.80. The normalized spacial score (nSPS) is 12.9. The number of hydrogen-bond donors (Lipinski definition) is 5. The number of halogens is 3. The lowest BCUT2D eigenvalue weighted by Gasteiger charge is -2.28. The summed E-state index contributed by atoms with van der Waals surface area (Å²) in [6.45, 7) is 15.8. The molecule has 5 N–H and O–H groups in total. The van der Waals surface area contributed by atoms with Gasteiger partial charge in [0.25, 0.3) is 0 Å². The van der Waals surface area contributed by atoms with E-state index in [4.69, 9.17) is 26.4 Å². The lowest BCUT2D eigenvalue weighted by atomic mass is 10.0. The highest BCUT2D eigenvalue weighted by Crippen LogP contribution is 2.29. The largest absolute Gasteiger partial charge is 0.444 e. The van der Waals surface area contributed by atoms with Crippen molar-refractivity contribution in [2.45, 2.75) is 117 Å². The van der Waals surface area contributed by atoms with E-state index in [1.807, 2.05) is 6.07 Å². The molecule has 0 aliphatic heterocycles. The summed E-state index contributed by atoms with van der Waals surface area (Å²) >= 11 is 5.79. The van der Waals surface area contributed by atoms with Crippen molar-refractivity contribution in [3.05, 3.63) is 71.9 Å². The van der Waals surface area contributed by atoms with Crippen molar-refractivity contribution in [2.75, 3.05) is 31.5 Å². The van der Waals surface area contributed by atoms with Crippen LogP contribution in [0.1, 0.15) is 86.3 Å². The maximum Gasteiger partial charge on any atom is 0.416 e. The van der Waals surface area contributed by atoms with Crippen LogP contribution in [-0.2, 0) is 36.4 Å². The van der Waals surface area contributed by atoms with E-state index in [-0.39, 0.29) is 45.4 Å². The number of nitrogens with zero attached hydrogens (tertiary/aromatic N) is 2. The van der Waals surface area contributed by atoms with Crippen LogP contribution in [0.5, 0.6) is 0 Å². The van der Waals surface area contributed by atoms with Crippen LogP contribution in [0.4, 0.5) is 33.2 Å². The molecule has 5 amide bonds. The molecule has 62 heavy (non-hydrogen) atoms. The number of fused-ring (bicyclic) bond motifs is 1. The van der Waals surface area contributed by atoms with Crippen LogP contribution in [-0.4, -0.2) is 100 Å². The Morgan fingerprint density at radius 3 is 1.77 bits per heavy atom. The number of alkyl carbamates (subject to hydrolysis) is 3. The Hall–Kier alpha value is -5.72. The first-order valence-corrected chi connectivity index (χ1v) is 20.4. The van der Waals surface area contributed by atoms with Gasteiger partial charge >= 0.3 is 24.5 Å². The molecule has 0 radical (unpaired) electrons. The van der Waals surface area contributed by atoms with Crippen molar-refractivity contribution in [3.8, 4) is 0 Å². The van der Waals surface area contributed by atoms with Crippen LogP contribution >= 0.6 is 12.2 Å². The summed E-state index contributed by atoms with van der Waals surface area (Å²) in [6.07, 6.45) is -5.72. The highest BCUT2D eigenvalue weighted by Gasteiger charge is 2.32. The number of anilines is 1. The number of pyridine rings is 1. The maximum atomic E-state index is 14.2. The molecule has 0 saturated carbocycles. The number of hydrogen-bond acceptors (Lipinski definition) is 10. The zero-order valence-electron chi connectivity index (χ0n) is 36.6. The van der Waals surface area contributed by atoms with Gasteiger partial charge in [-0.1, -0.05) is 42.5 Å². The summed E-state index contributed by atoms with van der Waals surface area (Å²) in [5.74, 6) is -1.52. The summed E-state index contributed by atoms with van der Waals surface area (Å²) in [5, 5.41) is 14.0. The summed E-state index contributed by atoms with van der Waals surface area (Å²) in [6, 6.07) is 10.4. The minimum atomic E-state index is -4.59. The lowest BCUT2D eigenvalue weighted by Crippen LogP contribution is -2.54. The predicted octanol–water partition coefficient (Wildman–Crippen LogP) is 7.27. The standard InChI is InChI=1S/C43H58F3N7O8S/c1-40(2,3)59-37(56)47-20-22-53(23-21-48-38(57)60-41(4,5)6)34(62)19-18-32(52-39(58)61-42(7,8)9)35(54)51-33(24-27-14-16-29(17-15-27)43(44,45)46)36(55)50-30-25-28-12-10-11-13-31(28)49-26-30/h10-17,25-26,32-33H,18-24H2,1-9H3,(H,47,56)(H,48,57)(H,50,55)(H,51,54)(H,52,58)/t32-,33+/m0/s1. The van der Waals surface area contributed by atoms with Gasteiger partial charge in [-0.2, -0.15) is 13.2 Å². The molecule has 15 nitrogen and oxygen atoms in total. The van der Waals surface area contributed by atoms with Crippen LogP contribution in [0.15, 0.2) is 60.8 Å². The lowest BCUT2D eigenvalue weighted by molar-refractivity contribution is -0.137. The molecule has 1 aromatic heterocycles. The molecular weight excluding hydrogens is 832 g/mol. The Morgan fingerprint density at radius 1 is 0.710 bits per heavy atom. The molecule has 2 atom stereocenters. The maximum absolute atomic E-state index is 14.2. The van der Waals surface area contributed by atoms with Crippen molar-refractivity contribution in [2.24, 2.45) is 0 Å². The molecule has 0 fully saturated rings. The fourth-order valence-electron chi connectivity index (χ4n) is 5.64. The first-order valence-electron chi connectivity index (χ1n) is 20.0. The van der Waals surface area contributed by atoms with Gasteiger partial charge in [-0.3, -0.25) is 14.6 Å². The molecule has 0 aliphatic rings. The van der Waals surface area contributed by atoms with Gasteiger partial charge in [0.05, 0.1) is 28.0 Å². The van der Waals surface area contributed by atoms with Gasteiger partial charge in [-0.25, -0.2) is 14.4 Å². The minimum absolute atomic E-state index is 0.0145. The minimum Gasteiger partial charge on any atom is -0.444 e. The Morgan fingerprint density at radius 2 is 1.24 bits per heavy atom. The van der Waals surface area contributed by atoms with Gasteiger partial charge in [0, 0.05) is 44.4 Å². The molecule has 0 saturated heterocycles. The number of aromatic nitrogens is 1. The first kappa shape index (κ1) is 50.6. The number of para-hydroxylation sites is 1. The van der Waals surface area contributed by atoms with Gasteiger partial charge in [0.15, 0.2) is 0 Å². The fraction of sp³-hybridized carbons (Fsp3) is 0.512. The SMILES string of the molecule is CC(C)(C)OC(=O)NCCN(CCNC(=O)OC(C)(C)C)C(=S)CC[C@H](NC(=O)OC(C)(C)C)C(=O)N[C@H](Cc1ccc(C(F)(F)F)cc1)C(=O)Nc1cnc2ccccc2c1. The number of amides is 5. The molecule has 2 aromatic carbocycles. The average molecular weight is 890 g/mol. The molecule has 3 aromatic rings. The molecule has 0 spiro atoms. The van der Waals surface area contributed by atoms with Crippen molar-refractivity contribution in [1.82, 2.24) is 31.2 Å². The quantitative estimate of drug-likeness (QED) is 0.0719. The van der Waals surface area contributed by atoms with Crippen LogP contribution in [0.25, 0.3) is 10.9 Å². The predicted molar refractivity (Wildman–Crippen MR) is 232 cm³/mol. The third kappa shape index (κ3) is 18.9. The third-order valence-corrected chi connectivity index (χ3v) is 8.78. The van der Waals surface area contributed by atoms with Crippen LogP contribution in [0, 0.1) is 0 Å². The second-order valence-electron chi connectivity index (χ2n) is 17.3. The second-order valence-corrected chi connectivity index (χ2v) is 17.8. The van der Waals surface area contributed by atoms with E-state index in [2.05, 4.69) is 31.6 Å². The smallest absolute Gasteiger partial charge is 0.416 e. The van der Waals surface area contributed by atoms with E-state index in [1.165, 1.54) is 18.3 Å². The van der Waals surface area contributed by atoms with Crippen molar-refractivity contribution >= 4 is 63.9 Å². The number of alkyl halides is 3. The molecule has 1 heterocycles. The van der Waals surface area contributed by atoms with E-state index in [9.17, 15) is 37.1 Å². The van der Waals surface area contributed by atoms with Gasteiger partial charge in [-0.15, -0.1) is 0 Å². The average Bonchev–Trinajstić information content (AvgIpc) is 3.13. The number of nitrogens with one attached hydrogen (secondary N) is 5. The summed E-state index contributed by atoms with van der Waals surface area (Å²) in [7, 11) is 0. The summed E-state index contributed by atoms with van der Waals surface area (Å²) < 4.78 is 56.2. The van der Waals surface area contributed by atoms with E-state index >= 15 is 0 Å². The van der Waals surface area contributed by atoms with Gasteiger partial charge < -0.3 is 45.7 Å². The number of thiocarbonyl (C=S) groups is 1. The molecule has 0 unspecified atom stereocenters. The number of ether oxygens (including phenoxy) is 3. The zero-order valence-corrected chi connectivity index (χ0v) is 37.4. The van der Waals surface area contributed by atoms with Crippen molar-refractivity contribution in [1.29, 1.82) is 0 Å². The Labute approximate surface area is 365 Å².